The van der Waals surface area contributed by atoms with Gasteiger partial charge in [0.05, 0.1) is 29.6 Å². The number of aromatic nitrogens is 3. The van der Waals surface area contributed by atoms with Crippen LogP contribution in [0.2, 0.25) is 0 Å². The van der Waals surface area contributed by atoms with Crippen LogP contribution in [0.5, 0.6) is 17.2 Å². The number of ether oxygens (including phenoxy) is 3. The molecule has 4 aromatic rings. The predicted octanol–water partition coefficient (Wildman–Crippen LogP) is 4.68. The van der Waals surface area contributed by atoms with Crippen molar-refractivity contribution in [3.05, 3.63) is 53.2 Å². The van der Waals surface area contributed by atoms with Gasteiger partial charge in [0.15, 0.2) is 11.5 Å². The number of nitrogens with one attached hydrogen (secondary N) is 1. The van der Waals surface area contributed by atoms with Crippen molar-refractivity contribution in [1.29, 1.82) is 0 Å². The molecule has 0 fully saturated rings. The van der Waals surface area contributed by atoms with Gasteiger partial charge in [0.25, 0.3) is 0 Å². The van der Waals surface area contributed by atoms with Gasteiger partial charge < -0.3 is 19.5 Å². The minimum absolute atomic E-state index is 0.0861. The molecule has 2 aromatic carbocycles. The number of thiazole rings is 1. The van der Waals surface area contributed by atoms with Gasteiger partial charge in [-0.05, 0) is 49.7 Å². The van der Waals surface area contributed by atoms with Gasteiger partial charge in [-0.25, -0.2) is 4.98 Å². The van der Waals surface area contributed by atoms with Crippen molar-refractivity contribution < 1.29 is 19.0 Å². The van der Waals surface area contributed by atoms with Crippen molar-refractivity contribution in [2.45, 2.75) is 26.2 Å². The third-order valence-electron chi connectivity index (χ3n) is 5.85. The maximum absolute atomic E-state index is 12.8. The molecule has 8 nitrogen and oxygen atoms in total. The molecule has 0 aliphatic carbocycles. The summed E-state index contributed by atoms with van der Waals surface area (Å²) in [5, 5.41) is 8.46. The average Bonchev–Trinajstić information content (AvgIpc) is 3.43. The Morgan fingerprint density at radius 3 is 2.86 bits per heavy atom. The monoisotopic (exact) mass is 488 g/mol. The van der Waals surface area contributed by atoms with Crippen molar-refractivity contribution in [3.63, 3.8) is 0 Å². The summed E-state index contributed by atoms with van der Waals surface area (Å²) < 4.78 is 19.5. The van der Waals surface area contributed by atoms with E-state index in [1.165, 1.54) is 11.3 Å². The van der Waals surface area contributed by atoms with Crippen molar-refractivity contribution in [3.8, 4) is 34.7 Å². The third-order valence-corrected chi connectivity index (χ3v) is 6.84. The number of nitrogens with zero attached hydrogens (tertiary/aromatic N) is 3. The number of hydrogen-bond donors (Lipinski definition) is 1. The zero-order chi connectivity index (χ0) is 24.5. The SMILES string of the molecule is C#CCOc1ccc([C@@H]2CC(=O)Nc3c2c(C)nn3-c2nc3ccc(OC)cc3s2)cc1OCC. The maximum atomic E-state index is 12.8. The van der Waals surface area contributed by atoms with Gasteiger partial charge in [0.2, 0.25) is 11.0 Å². The van der Waals surface area contributed by atoms with E-state index < -0.39 is 0 Å². The Morgan fingerprint density at radius 2 is 2.09 bits per heavy atom. The second-order valence-corrected chi connectivity index (χ2v) is 9.04. The zero-order valence-electron chi connectivity index (χ0n) is 19.6. The second kappa shape index (κ2) is 9.31. The molecule has 178 valence electrons. The molecular formula is C26H24N4O4S. The Kier molecular flexibility index (Phi) is 6.05. The van der Waals surface area contributed by atoms with Crippen LogP contribution < -0.4 is 19.5 Å². The lowest BCUT2D eigenvalue weighted by molar-refractivity contribution is -0.116. The molecule has 3 heterocycles. The van der Waals surface area contributed by atoms with Crippen LogP contribution in [0.25, 0.3) is 15.3 Å². The molecule has 35 heavy (non-hydrogen) atoms. The number of hydrogen-bond acceptors (Lipinski definition) is 7. The summed E-state index contributed by atoms with van der Waals surface area (Å²) in [6.45, 7) is 4.48. The van der Waals surface area contributed by atoms with Crippen LogP contribution in [0.4, 0.5) is 5.82 Å². The molecule has 9 heteroatoms. The zero-order valence-corrected chi connectivity index (χ0v) is 20.4. The Labute approximate surface area is 206 Å². The molecule has 0 saturated heterocycles. The van der Waals surface area contributed by atoms with Crippen molar-refractivity contribution in [2.24, 2.45) is 0 Å². The minimum Gasteiger partial charge on any atom is -0.497 e. The van der Waals surface area contributed by atoms with E-state index in [0.29, 0.717) is 35.5 Å². The number of terminal acetylenes is 1. The van der Waals surface area contributed by atoms with Crippen molar-refractivity contribution in [1.82, 2.24) is 14.8 Å². The number of carbonyl (C=O) groups excluding carboxylic acids is 1. The number of benzene rings is 2. The largest absolute Gasteiger partial charge is 0.497 e. The fraction of sp³-hybridized carbons (Fsp3) is 0.269. The molecule has 0 bridgehead atoms. The normalized spacial score (nSPS) is 14.8. The summed E-state index contributed by atoms with van der Waals surface area (Å²) in [7, 11) is 1.64. The van der Waals surface area contributed by atoms with Crippen LogP contribution in [-0.4, -0.2) is 41.0 Å². The second-order valence-electron chi connectivity index (χ2n) is 8.03. The highest BCUT2D eigenvalue weighted by atomic mass is 32.1. The van der Waals surface area contributed by atoms with Crippen LogP contribution in [0.3, 0.4) is 0 Å². The number of aryl methyl sites for hydroxylation is 1. The van der Waals surface area contributed by atoms with Crippen LogP contribution in [0.1, 0.15) is 36.1 Å². The molecule has 0 saturated carbocycles. The van der Waals surface area contributed by atoms with E-state index >= 15 is 0 Å². The smallest absolute Gasteiger partial charge is 0.226 e. The van der Waals surface area contributed by atoms with E-state index in [1.54, 1.807) is 11.8 Å². The van der Waals surface area contributed by atoms with Crippen LogP contribution in [-0.2, 0) is 4.79 Å². The van der Waals surface area contributed by atoms with Gasteiger partial charge in [0.1, 0.15) is 18.2 Å². The summed E-state index contributed by atoms with van der Waals surface area (Å²) in [6, 6.07) is 11.4. The molecule has 0 unspecified atom stereocenters. The van der Waals surface area contributed by atoms with Gasteiger partial charge >= 0.3 is 0 Å². The van der Waals surface area contributed by atoms with Gasteiger partial charge in [-0.15, -0.1) is 6.42 Å². The number of carbonyl (C=O) groups is 1. The molecule has 1 aliphatic rings. The van der Waals surface area contributed by atoms with Crippen LogP contribution >= 0.6 is 11.3 Å². The predicted molar refractivity (Wildman–Crippen MR) is 135 cm³/mol. The fourth-order valence-electron chi connectivity index (χ4n) is 4.33. The third kappa shape index (κ3) is 4.17. The highest BCUT2D eigenvalue weighted by Crippen LogP contribution is 2.43. The van der Waals surface area contributed by atoms with E-state index in [4.69, 9.17) is 30.7 Å². The van der Waals surface area contributed by atoms with Gasteiger partial charge in [-0.3, -0.25) is 4.79 Å². The van der Waals surface area contributed by atoms with Crippen LogP contribution in [0.15, 0.2) is 36.4 Å². The first-order chi connectivity index (χ1) is 17.0. The number of amides is 1. The summed E-state index contributed by atoms with van der Waals surface area (Å²) >= 11 is 1.49. The fourth-order valence-corrected chi connectivity index (χ4v) is 5.28. The van der Waals surface area contributed by atoms with Crippen LogP contribution in [0, 0.1) is 19.3 Å². The van der Waals surface area contributed by atoms with E-state index in [1.807, 2.05) is 50.2 Å². The molecule has 0 radical (unpaired) electrons. The van der Waals surface area contributed by atoms with E-state index in [2.05, 4.69) is 11.2 Å². The van der Waals surface area contributed by atoms with E-state index in [9.17, 15) is 4.79 Å². The summed E-state index contributed by atoms with van der Waals surface area (Å²) in [4.78, 5) is 17.6. The lowest BCUT2D eigenvalue weighted by Crippen LogP contribution is -2.25. The summed E-state index contributed by atoms with van der Waals surface area (Å²) in [5.41, 5.74) is 3.57. The van der Waals surface area contributed by atoms with Crippen molar-refractivity contribution in [2.75, 3.05) is 25.6 Å². The molecule has 1 amide bonds. The van der Waals surface area contributed by atoms with E-state index in [-0.39, 0.29) is 18.4 Å². The Hall–Kier alpha value is -4.03. The number of methoxy groups -OCH3 is 1. The first-order valence-electron chi connectivity index (χ1n) is 11.2. The lowest BCUT2D eigenvalue weighted by Gasteiger charge is -2.25. The molecule has 2 aromatic heterocycles. The van der Waals surface area contributed by atoms with Gasteiger partial charge in [0, 0.05) is 17.9 Å². The molecular weight excluding hydrogens is 464 g/mol. The van der Waals surface area contributed by atoms with E-state index in [0.717, 1.165) is 32.8 Å². The molecule has 1 N–H and O–H groups in total. The number of fused-ring (bicyclic) bond motifs is 2. The van der Waals surface area contributed by atoms with Gasteiger partial charge in [-0.2, -0.15) is 9.78 Å². The summed E-state index contributed by atoms with van der Waals surface area (Å²) in [5.74, 6) is 4.77. The summed E-state index contributed by atoms with van der Waals surface area (Å²) in [6.07, 6.45) is 5.64. The topological polar surface area (TPSA) is 87.5 Å². The highest BCUT2D eigenvalue weighted by molar-refractivity contribution is 7.20. The minimum atomic E-state index is -0.192. The highest BCUT2D eigenvalue weighted by Gasteiger charge is 2.33. The first-order valence-corrected chi connectivity index (χ1v) is 12.0. The Morgan fingerprint density at radius 1 is 1.23 bits per heavy atom. The maximum Gasteiger partial charge on any atom is 0.226 e. The molecule has 5 rings (SSSR count). The van der Waals surface area contributed by atoms with Crippen molar-refractivity contribution >= 4 is 33.3 Å². The van der Waals surface area contributed by atoms with Gasteiger partial charge in [-0.1, -0.05) is 23.3 Å². The number of anilines is 1. The average molecular weight is 489 g/mol. The standard InChI is InChI=1S/C26H24N4O4S/c1-5-11-34-20-10-7-16(12-21(20)33-6-2)18-14-23(31)28-25-24(18)15(3)29-30(25)26-27-19-9-8-17(32-4)13-22(19)35-26/h1,7-10,12-13,18H,6,11,14H2,2-4H3,(H,28,31)/t18-/m0/s1. The quantitative estimate of drug-likeness (QED) is 0.380. The lowest BCUT2D eigenvalue weighted by atomic mass is 9.85. The molecule has 0 spiro atoms. The Balaban J connectivity index is 1.58. The Bertz CT molecular complexity index is 1470. The molecule has 1 aliphatic heterocycles. The first kappa shape index (κ1) is 22.7. The number of rotatable bonds is 7. The molecule has 1 atom stereocenters.